The Morgan fingerprint density at radius 3 is 2.52 bits per heavy atom. The summed E-state index contributed by atoms with van der Waals surface area (Å²) in [4.78, 5) is 2.44. The normalized spacial score (nSPS) is 20.3. The van der Waals surface area contributed by atoms with E-state index in [1.807, 2.05) is 0 Å². The minimum Gasteiger partial charge on any atom is -0.296 e. The van der Waals surface area contributed by atoms with E-state index in [-0.39, 0.29) is 5.25 Å². The topological polar surface area (TPSA) is 37.4 Å². The van der Waals surface area contributed by atoms with Crippen LogP contribution < -0.4 is 0 Å². The van der Waals surface area contributed by atoms with Gasteiger partial charge in [-0.15, -0.1) is 0 Å². The van der Waals surface area contributed by atoms with E-state index in [0.717, 1.165) is 19.5 Å². The molecule has 3 nitrogen and oxygen atoms in total. The van der Waals surface area contributed by atoms with Crippen molar-refractivity contribution in [3.05, 3.63) is 35.4 Å². The van der Waals surface area contributed by atoms with Gasteiger partial charge in [-0.3, -0.25) is 4.90 Å². The first-order valence-corrected chi connectivity index (χ1v) is 9.64. The lowest BCUT2D eigenvalue weighted by molar-refractivity contribution is 0.258. The number of likely N-dealkylation sites (tertiary alicyclic amines) is 1. The maximum Gasteiger partial charge on any atom is 0.152 e. The maximum atomic E-state index is 11.9. The van der Waals surface area contributed by atoms with Crippen LogP contribution >= 0.6 is 0 Å². The number of benzene rings is 1. The summed E-state index contributed by atoms with van der Waals surface area (Å²) < 4.78 is 23.7. The van der Waals surface area contributed by atoms with Crippen LogP contribution in [0.3, 0.4) is 0 Å². The fourth-order valence-corrected chi connectivity index (χ4v) is 3.97. The predicted octanol–water partition coefficient (Wildman–Crippen LogP) is 3.35. The lowest BCUT2D eigenvalue weighted by Crippen LogP contribution is -2.27. The molecule has 4 heteroatoms. The summed E-state index contributed by atoms with van der Waals surface area (Å²) in [6, 6.07) is 9.21. The van der Waals surface area contributed by atoms with Crippen LogP contribution in [-0.2, 0) is 9.84 Å². The first-order valence-electron chi connectivity index (χ1n) is 7.92. The molecule has 1 aliphatic rings. The van der Waals surface area contributed by atoms with Gasteiger partial charge in [0.25, 0.3) is 0 Å². The van der Waals surface area contributed by atoms with Crippen molar-refractivity contribution in [3.63, 3.8) is 0 Å². The molecule has 0 amide bonds. The lowest BCUT2D eigenvalue weighted by Gasteiger charge is -2.25. The highest BCUT2D eigenvalue weighted by Crippen LogP contribution is 2.32. The van der Waals surface area contributed by atoms with E-state index in [1.165, 1.54) is 24.0 Å². The van der Waals surface area contributed by atoms with E-state index < -0.39 is 9.84 Å². The van der Waals surface area contributed by atoms with Crippen LogP contribution in [0.1, 0.15) is 50.3 Å². The Kier molecular flexibility index (Phi) is 5.44. The lowest BCUT2D eigenvalue weighted by atomic mass is 10.0. The molecular weight excluding hydrogens is 282 g/mol. The average molecular weight is 309 g/mol. The van der Waals surface area contributed by atoms with E-state index in [4.69, 9.17) is 0 Å². The third kappa shape index (κ3) is 4.30. The molecule has 0 aromatic heterocycles. The molecule has 1 saturated heterocycles. The Balaban J connectivity index is 1.92. The van der Waals surface area contributed by atoms with Crippen LogP contribution in [0.2, 0.25) is 0 Å². The van der Waals surface area contributed by atoms with Crippen molar-refractivity contribution >= 4 is 9.84 Å². The third-order valence-electron chi connectivity index (χ3n) is 4.42. The maximum absolute atomic E-state index is 11.9. The van der Waals surface area contributed by atoms with Crippen LogP contribution in [0.4, 0.5) is 0 Å². The van der Waals surface area contributed by atoms with Crippen molar-refractivity contribution in [2.24, 2.45) is 0 Å². The first kappa shape index (κ1) is 16.5. The molecule has 1 aromatic rings. The summed E-state index contributed by atoms with van der Waals surface area (Å²) in [5.74, 6) is 0.307. The molecule has 2 rings (SSSR count). The van der Waals surface area contributed by atoms with Gasteiger partial charge in [0, 0.05) is 6.04 Å². The zero-order chi connectivity index (χ0) is 15.5. The summed E-state index contributed by atoms with van der Waals surface area (Å²) in [7, 11) is -2.90. The summed E-state index contributed by atoms with van der Waals surface area (Å²) >= 11 is 0. The molecule has 0 aliphatic carbocycles. The molecular formula is C17H27NO2S. The standard InChI is InChI=1S/C17H27NO2S/c1-14(2)21(19,20)13-5-12-18-11-4-6-17(18)16-9-7-15(3)8-10-16/h7-10,14,17H,4-6,11-13H2,1-3H3/t17-/m0/s1. The minimum atomic E-state index is -2.90. The highest BCUT2D eigenvalue weighted by atomic mass is 32.2. The highest BCUT2D eigenvalue weighted by Gasteiger charge is 2.26. The zero-order valence-corrected chi connectivity index (χ0v) is 14.2. The third-order valence-corrected chi connectivity index (χ3v) is 6.71. The van der Waals surface area contributed by atoms with Crippen LogP contribution in [0, 0.1) is 6.92 Å². The molecule has 1 aromatic carbocycles. The fraction of sp³-hybridized carbons (Fsp3) is 0.647. The number of hydrogen-bond acceptors (Lipinski definition) is 3. The molecule has 1 aliphatic heterocycles. The fourth-order valence-electron chi connectivity index (χ4n) is 2.96. The minimum absolute atomic E-state index is 0.260. The molecule has 0 unspecified atom stereocenters. The summed E-state index contributed by atoms with van der Waals surface area (Å²) in [6.07, 6.45) is 3.12. The van der Waals surface area contributed by atoms with E-state index in [0.29, 0.717) is 11.8 Å². The summed E-state index contributed by atoms with van der Waals surface area (Å²) in [6.45, 7) is 7.60. The van der Waals surface area contributed by atoms with Crippen molar-refractivity contribution in [1.29, 1.82) is 0 Å². The Labute approximate surface area is 129 Å². The van der Waals surface area contributed by atoms with Gasteiger partial charge in [-0.05, 0) is 58.7 Å². The second-order valence-corrected chi connectivity index (χ2v) is 9.05. The van der Waals surface area contributed by atoms with Gasteiger partial charge >= 0.3 is 0 Å². The Morgan fingerprint density at radius 1 is 1.24 bits per heavy atom. The van der Waals surface area contributed by atoms with Crippen LogP contribution in [0.5, 0.6) is 0 Å². The molecule has 1 fully saturated rings. The molecule has 0 N–H and O–H groups in total. The van der Waals surface area contributed by atoms with Crippen LogP contribution in [0.15, 0.2) is 24.3 Å². The van der Waals surface area contributed by atoms with Crippen molar-refractivity contribution in [3.8, 4) is 0 Å². The second-order valence-electron chi connectivity index (χ2n) is 6.37. The van der Waals surface area contributed by atoms with Crippen LogP contribution in [0.25, 0.3) is 0 Å². The second kappa shape index (κ2) is 6.93. The Bertz CT molecular complexity index is 549. The van der Waals surface area contributed by atoms with Gasteiger partial charge < -0.3 is 0 Å². The van der Waals surface area contributed by atoms with Gasteiger partial charge in [0.1, 0.15) is 0 Å². The SMILES string of the molecule is Cc1ccc([C@@H]2CCCN2CCCS(=O)(=O)C(C)C)cc1. The average Bonchev–Trinajstić information content (AvgIpc) is 2.87. The van der Waals surface area contributed by atoms with Crippen molar-refractivity contribution in [2.75, 3.05) is 18.8 Å². The van der Waals surface area contributed by atoms with Crippen molar-refractivity contribution < 1.29 is 8.42 Å². The molecule has 1 atom stereocenters. The number of hydrogen-bond donors (Lipinski definition) is 0. The summed E-state index contributed by atoms with van der Waals surface area (Å²) in [5, 5.41) is -0.260. The summed E-state index contributed by atoms with van der Waals surface area (Å²) in [5.41, 5.74) is 2.65. The van der Waals surface area contributed by atoms with E-state index in [9.17, 15) is 8.42 Å². The van der Waals surface area contributed by atoms with Crippen molar-refractivity contribution in [2.45, 2.75) is 51.3 Å². The quantitative estimate of drug-likeness (QED) is 0.809. The molecule has 0 spiro atoms. The van der Waals surface area contributed by atoms with Gasteiger partial charge in [0.05, 0.1) is 11.0 Å². The molecule has 1 heterocycles. The van der Waals surface area contributed by atoms with E-state index in [1.54, 1.807) is 13.8 Å². The van der Waals surface area contributed by atoms with Gasteiger partial charge in [0.15, 0.2) is 9.84 Å². The van der Waals surface area contributed by atoms with E-state index in [2.05, 4.69) is 36.1 Å². The Morgan fingerprint density at radius 2 is 1.90 bits per heavy atom. The number of sulfone groups is 1. The van der Waals surface area contributed by atoms with Gasteiger partial charge in [-0.25, -0.2) is 8.42 Å². The molecule has 0 saturated carbocycles. The van der Waals surface area contributed by atoms with Gasteiger partial charge in [0.2, 0.25) is 0 Å². The molecule has 21 heavy (non-hydrogen) atoms. The van der Waals surface area contributed by atoms with Gasteiger partial charge in [-0.1, -0.05) is 29.8 Å². The first-order chi connectivity index (χ1) is 9.90. The molecule has 118 valence electrons. The largest absolute Gasteiger partial charge is 0.296 e. The number of nitrogens with zero attached hydrogens (tertiary/aromatic N) is 1. The Hall–Kier alpha value is -0.870. The molecule has 0 bridgehead atoms. The monoisotopic (exact) mass is 309 g/mol. The number of rotatable bonds is 6. The highest BCUT2D eigenvalue weighted by molar-refractivity contribution is 7.91. The zero-order valence-electron chi connectivity index (χ0n) is 13.4. The van der Waals surface area contributed by atoms with Gasteiger partial charge in [-0.2, -0.15) is 0 Å². The van der Waals surface area contributed by atoms with Crippen LogP contribution in [-0.4, -0.2) is 37.4 Å². The van der Waals surface area contributed by atoms with Crippen molar-refractivity contribution in [1.82, 2.24) is 4.90 Å². The van der Waals surface area contributed by atoms with E-state index >= 15 is 0 Å². The number of aryl methyl sites for hydroxylation is 1. The molecule has 0 radical (unpaired) electrons. The predicted molar refractivity (Wildman–Crippen MR) is 88.3 cm³/mol. The smallest absolute Gasteiger partial charge is 0.152 e.